The number of rotatable bonds is 7. The zero-order chi connectivity index (χ0) is 30.2. The third-order valence-corrected chi connectivity index (χ3v) is 7.40. The number of carboxylic acids is 1. The summed E-state index contributed by atoms with van der Waals surface area (Å²) in [7, 11) is 0. The second-order valence-electron chi connectivity index (χ2n) is 10.1. The van der Waals surface area contributed by atoms with Crippen LogP contribution in [0.25, 0.3) is 22.0 Å². The predicted molar refractivity (Wildman–Crippen MR) is 152 cm³/mol. The highest BCUT2D eigenvalue weighted by Crippen LogP contribution is 2.30. The zero-order valence-corrected chi connectivity index (χ0v) is 23.0. The fourth-order valence-corrected chi connectivity index (χ4v) is 4.97. The molecule has 0 saturated heterocycles. The molecule has 2 aromatic heterocycles. The SMILES string of the molecule is Cc1c(C)n(Cc2ccc(-c3ccccc3C(=O)O)cc2)c2ccc(C(=O)NC(C)c3cncc(C(F)(F)F)n3)cc12. The van der Waals surface area contributed by atoms with Crippen LogP contribution in [0.15, 0.2) is 79.1 Å². The molecule has 0 saturated carbocycles. The van der Waals surface area contributed by atoms with Crippen LogP contribution in [-0.2, 0) is 12.7 Å². The summed E-state index contributed by atoms with van der Waals surface area (Å²) in [6.07, 6.45) is -2.78. The van der Waals surface area contributed by atoms with E-state index in [0.29, 0.717) is 23.9 Å². The Kier molecular flexibility index (Phi) is 7.55. The molecule has 0 aliphatic heterocycles. The highest BCUT2D eigenvalue weighted by atomic mass is 19.4. The average Bonchev–Trinajstić information content (AvgIpc) is 3.21. The fraction of sp³-hybridized carbons (Fsp3) is 0.188. The van der Waals surface area contributed by atoms with E-state index in [-0.39, 0.29) is 11.3 Å². The minimum Gasteiger partial charge on any atom is -0.478 e. The number of nitrogens with one attached hydrogen (secondary N) is 1. The smallest absolute Gasteiger partial charge is 0.434 e. The summed E-state index contributed by atoms with van der Waals surface area (Å²) < 4.78 is 41.3. The third kappa shape index (κ3) is 5.60. The van der Waals surface area contributed by atoms with Gasteiger partial charge in [0.1, 0.15) is 0 Å². The molecule has 1 atom stereocenters. The number of fused-ring (bicyclic) bond motifs is 1. The van der Waals surface area contributed by atoms with Crippen molar-refractivity contribution < 1.29 is 27.9 Å². The Morgan fingerprint density at radius 1 is 1.00 bits per heavy atom. The number of carboxylic acid groups (broad SMARTS) is 1. The van der Waals surface area contributed by atoms with Crippen molar-refractivity contribution >= 4 is 22.8 Å². The summed E-state index contributed by atoms with van der Waals surface area (Å²) >= 11 is 0. The maximum Gasteiger partial charge on any atom is 0.434 e. The molecule has 5 aromatic rings. The maximum absolute atomic E-state index is 13.0. The zero-order valence-electron chi connectivity index (χ0n) is 23.0. The summed E-state index contributed by atoms with van der Waals surface area (Å²) in [5, 5.41) is 13.1. The van der Waals surface area contributed by atoms with E-state index in [4.69, 9.17) is 0 Å². The van der Waals surface area contributed by atoms with Gasteiger partial charge in [-0.15, -0.1) is 0 Å². The molecule has 0 bridgehead atoms. The molecular formula is C32H27F3N4O3. The first-order valence-electron chi connectivity index (χ1n) is 13.1. The lowest BCUT2D eigenvalue weighted by Crippen LogP contribution is -2.28. The Balaban J connectivity index is 1.37. The first kappa shape index (κ1) is 28.5. The summed E-state index contributed by atoms with van der Waals surface area (Å²) in [5.74, 6) is -1.42. The minimum absolute atomic E-state index is 0.00916. The van der Waals surface area contributed by atoms with Crippen molar-refractivity contribution in [3.63, 3.8) is 0 Å². The van der Waals surface area contributed by atoms with Gasteiger partial charge in [0.25, 0.3) is 5.91 Å². The van der Waals surface area contributed by atoms with Crippen molar-refractivity contribution in [2.24, 2.45) is 0 Å². The molecule has 2 heterocycles. The van der Waals surface area contributed by atoms with Gasteiger partial charge in [0.15, 0.2) is 5.69 Å². The van der Waals surface area contributed by atoms with Crippen LogP contribution in [-0.4, -0.2) is 31.5 Å². The van der Waals surface area contributed by atoms with Crippen LogP contribution in [0, 0.1) is 13.8 Å². The number of benzene rings is 3. The van der Waals surface area contributed by atoms with Crippen LogP contribution >= 0.6 is 0 Å². The van der Waals surface area contributed by atoms with E-state index in [0.717, 1.165) is 33.3 Å². The molecule has 0 aliphatic carbocycles. The molecule has 0 radical (unpaired) electrons. The summed E-state index contributed by atoms with van der Waals surface area (Å²) in [6.45, 7) is 6.09. The Morgan fingerprint density at radius 2 is 1.71 bits per heavy atom. The van der Waals surface area contributed by atoms with E-state index in [1.165, 1.54) is 6.20 Å². The first-order chi connectivity index (χ1) is 19.9. The van der Waals surface area contributed by atoms with Crippen molar-refractivity contribution in [3.8, 4) is 11.1 Å². The van der Waals surface area contributed by atoms with Gasteiger partial charge in [0.2, 0.25) is 0 Å². The Bertz CT molecular complexity index is 1810. The Labute approximate surface area is 239 Å². The number of carbonyl (C=O) groups is 2. The van der Waals surface area contributed by atoms with Crippen LogP contribution < -0.4 is 5.32 Å². The molecule has 42 heavy (non-hydrogen) atoms. The van der Waals surface area contributed by atoms with Gasteiger partial charge < -0.3 is 15.0 Å². The van der Waals surface area contributed by atoms with Crippen LogP contribution in [0.5, 0.6) is 0 Å². The molecule has 3 aromatic carbocycles. The maximum atomic E-state index is 13.0. The molecule has 7 nitrogen and oxygen atoms in total. The number of hydrogen-bond acceptors (Lipinski definition) is 4. The number of amides is 1. The third-order valence-electron chi connectivity index (χ3n) is 7.40. The van der Waals surface area contributed by atoms with Crippen LogP contribution in [0.3, 0.4) is 0 Å². The van der Waals surface area contributed by atoms with E-state index in [1.54, 1.807) is 37.3 Å². The average molecular weight is 573 g/mol. The molecule has 0 fully saturated rings. The molecule has 5 rings (SSSR count). The molecular weight excluding hydrogens is 545 g/mol. The number of carbonyl (C=O) groups excluding carboxylic acids is 1. The molecule has 1 amide bonds. The van der Waals surface area contributed by atoms with Gasteiger partial charge in [-0.2, -0.15) is 13.2 Å². The molecule has 0 spiro atoms. The minimum atomic E-state index is -4.63. The van der Waals surface area contributed by atoms with Crippen LogP contribution in [0.4, 0.5) is 13.2 Å². The van der Waals surface area contributed by atoms with E-state index in [9.17, 15) is 27.9 Å². The number of aryl methyl sites for hydroxylation is 1. The van der Waals surface area contributed by atoms with Gasteiger partial charge in [-0.05, 0) is 67.3 Å². The van der Waals surface area contributed by atoms with Crippen molar-refractivity contribution in [1.82, 2.24) is 19.9 Å². The van der Waals surface area contributed by atoms with Crippen LogP contribution in [0.2, 0.25) is 0 Å². The second-order valence-corrected chi connectivity index (χ2v) is 10.1. The van der Waals surface area contributed by atoms with Gasteiger partial charge in [0, 0.05) is 28.7 Å². The fourth-order valence-electron chi connectivity index (χ4n) is 4.97. The number of aromatic nitrogens is 3. The Hall–Kier alpha value is -4.99. The monoisotopic (exact) mass is 572 g/mol. The summed E-state index contributed by atoms with van der Waals surface area (Å²) in [6, 6.07) is 19.1. The van der Waals surface area contributed by atoms with Gasteiger partial charge in [-0.25, -0.2) is 9.78 Å². The lowest BCUT2D eigenvalue weighted by Gasteiger charge is -2.15. The Morgan fingerprint density at radius 3 is 2.40 bits per heavy atom. The van der Waals surface area contributed by atoms with Crippen molar-refractivity contribution in [2.75, 3.05) is 0 Å². The molecule has 1 unspecified atom stereocenters. The molecule has 214 valence electrons. The van der Waals surface area contributed by atoms with Crippen molar-refractivity contribution in [3.05, 3.63) is 118 Å². The highest BCUT2D eigenvalue weighted by Gasteiger charge is 2.33. The van der Waals surface area contributed by atoms with E-state index >= 15 is 0 Å². The van der Waals surface area contributed by atoms with E-state index < -0.39 is 29.8 Å². The largest absolute Gasteiger partial charge is 0.478 e. The van der Waals surface area contributed by atoms with Gasteiger partial charge in [-0.3, -0.25) is 9.78 Å². The number of aromatic carboxylic acids is 1. The highest BCUT2D eigenvalue weighted by molar-refractivity contribution is 5.99. The molecule has 0 aliphatic rings. The van der Waals surface area contributed by atoms with E-state index in [2.05, 4.69) is 19.9 Å². The lowest BCUT2D eigenvalue weighted by molar-refractivity contribution is -0.141. The quantitative estimate of drug-likeness (QED) is 0.220. The number of alkyl halides is 3. The van der Waals surface area contributed by atoms with Crippen molar-refractivity contribution in [2.45, 2.75) is 39.5 Å². The van der Waals surface area contributed by atoms with Gasteiger partial charge >= 0.3 is 12.1 Å². The number of nitrogens with zero attached hydrogens (tertiary/aromatic N) is 3. The number of hydrogen-bond donors (Lipinski definition) is 2. The normalized spacial score (nSPS) is 12.3. The topological polar surface area (TPSA) is 97.1 Å². The summed E-state index contributed by atoms with van der Waals surface area (Å²) in [4.78, 5) is 31.9. The van der Waals surface area contributed by atoms with Gasteiger partial charge in [0.05, 0.1) is 29.7 Å². The molecule has 2 N–H and O–H groups in total. The van der Waals surface area contributed by atoms with Gasteiger partial charge in [-0.1, -0.05) is 42.5 Å². The number of halogens is 3. The lowest BCUT2D eigenvalue weighted by atomic mass is 9.99. The first-order valence-corrected chi connectivity index (χ1v) is 13.1. The second kappa shape index (κ2) is 11.1. The van der Waals surface area contributed by atoms with E-state index in [1.807, 2.05) is 50.2 Å². The van der Waals surface area contributed by atoms with Crippen LogP contribution in [0.1, 0.15) is 61.9 Å². The summed E-state index contributed by atoms with van der Waals surface area (Å²) in [5.41, 5.74) is 4.94. The molecule has 10 heteroatoms. The standard InChI is InChI=1S/C32H27F3N4O3/c1-18-20(3)39(17-21-8-10-22(11-9-21)24-6-4-5-7-25(24)31(41)42)28-13-12-23(14-26(18)28)30(40)37-19(2)27-15-36-16-29(38-27)32(33,34)35/h4-16,19H,17H2,1-3H3,(H,37,40)(H,41,42). The predicted octanol–water partition coefficient (Wildman–Crippen LogP) is 6.97. The van der Waals surface area contributed by atoms with Crippen molar-refractivity contribution in [1.29, 1.82) is 0 Å².